The molecule has 0 bridgehead atoms. The van der Waals surface area contributed by atoms with E-state index < -0.39 is 0 Å². The highest BCUT2D eigenvalue weighted by Gasteiger charge is 2.57. The molecule has 0 amide bonds. The van der Waals surface area contributed by atoms with Crippen molar-refractivity contribution in [3.63, 3.8) is 0 Å². The van der Waals surface area contributed by atoms with Gasteiger partial charge in [-0.1, -0.05) is 38.8 Å². The van der Waals surface area contributed by atoms with Crippen molar-refractivity contribution >= 4 is 5.78 Å². The smallest absolute Gasteiger partial charge is 0.178 e. The second-order valence-electron chi connectivity index (χ2n) is 8.83. The predicted molar refractivity (Wildman–Crippen MR) is 90.4 cm³/mol. The van der Waals surface area contributed by atoms with Gasteiger partial charge < -0.3 is 0 Å². The quantitative estimate of drug-likeness (QED) is 0.640. The monoisotopic (exact) mass is 298 g/mol. The third-order valence-corrected chi connectivity index (χ3v) is 8.25. The summed E-state index contributed by atoms with van der Waals surface area (Å²) in [6.45, 7) is 7.40. The molecule has 3 saturated carbocycles. The lowest BCUT2D eigenvalue weighted by molar-refractivity contribution is -0.111. The normalized spacial score (nSPS) is 50.1. The van der Waals surface area contributed by atoms with E-state index in [1.165, 1.54) is 44.1 Å². The summed E-state index contributed by atoms with van der Waals surface area (Å²) in [5.74, 6) is 3.74. The van der Waals surface area contributed by atoms with Crippen LogP contribution in [0.25, 0.3) is 0 Å². The second-order valence-corrected chi connectivity index (χ2v) is 8.83. The SMILES string of the molecule is CC[C@H]1CCC2C3CCC4=CC(=O)C=C[C@]4(C)C3CC[C@@]21C. The summed E-state index contributed by atoms with van der Waals surface area (Å²) in [5, 5.41) is 0. The van der Waals surface area contributed by atoms with Crippen molar-refractivity contribution in [1.29, 1.82) is 0 Å². The first-order valence-electron chi connectivity index (χ1n) is 9.43. The molecule has 3 unspecified atom stereocenters. The van der Waals surface area contributed by atoms with Crippen LogP contribution < -0.4 is 0 Å². The molecule has 0 saturated heterocycles. The first-order valence-corrected chi connectivity index (χ1v) is 9.43. The Hall–Kier alpha value is -0.850. The van der Waals surface area contributed by atoms with Crippen LogP contribution in [-0.2, 0) is 4.79 Å². The summed E-state index contributed by atoms with van der Waals surface area (Å²) < 4.78 is 0. The van der Waals surface area contributed by atoms with Crippen molar-refractivity contribution in [1.82, 2.24) is 0 Å². The summed E-state index contributed by atoms with van der Waals surface area (Å²) in [6.07, 6.45) is 15.6. The van der Waals surface area contributed by atoms with Crippen molar-refractivity contribution in [2.75, 3.05) is 0 Å². The van der Waals surface area contributed by atoms with Gasteiger partial charge >= 0.3 is 0 Å². The standard InChI is InChI=1S/C21H30O/c1-4-14-6-8-18-17-7-5-15-13-16(22)9-11-21(15,3)19(17)10-12-20(14,18)2/h9,11,13-14,17-19H,4-8,10,12H2,1-3H3/t14-,17?,18?,19?,20+,21-/m0/s1. The molecule has 4 aliphatic rings. The highest BCUT2D eigenvalue weighted by Crippen LogP contribution is 2.66. The molecule has 4 rings (SSSR count). The molecule has 0 aromatic carbocycles. The number of rotatable bonds is 1. The molecule has 6 atom stereocenters. The molecule has 4 aliphatic carbocycles. The van der Waals surface area contributed by atoms with Gasteiger partial charge in [-0.3, -0.25) is 4.79 Å². The first-order chi connectivity index (χ1) is 10.5. The number of ketones is 1. The molecule has 0 N–H and O–H groups in total. The first kappa shape index (κ1) is 14.7. The molecular formula is C21H30O. The maximum Gasteiger partial charge on any atom is 0.178 e. The van der Waals surface area contributed by atoms with Gasteiger partial charge in [0.05, 0.1) is 0 Å². The zero-order valence-electron chi connectivity index (χ0n) is 14.4. The van der Waals surface area contributed by atoms with Gasteiger partial charge in [0.1, 0.15) is 0 Å². The van der Waals surface area contributed by atoms with Gasteiger partial charge in [0.15, 0.2) is 5.78 Å². The Morgan fingerprint density at radius 1 is 1.14 bits per heavy atom. The van der Waals surface area contributed by atoms with Crippen molar-refractivity contribution < 1.29 is 4.79 Å². The summed E-state index contributed by atoms with van der Waals surface area (Å²) in [5.41, 5.74) is 2.19. The van der Waals surface area contributed by atoms with E-state index in [1.54, 1.807) is 0 Å². The van der Waals surface area contributed by atoms with Crippen molar-refractivity contribution in [2.45, 2.75) is 65.7 Å². The minimum absolute atomic E-state index is 0.169. The maximum absolute atomic E-state index is 11.8. The minimum atomic E-state index is 0.169. The largest absolute Gasteiger partial charge is 0.290 e. The molecular weight excluding hydrogens is 268 g/mol. The number of hydrogen-bond donors (Lipinski definition) is 0. The highest BCUT2D eigenvalue weighted by molar-refractivity contribution is 6.01. The van der Waals surface area contributed by atoms with E-state index >= 15 is 0 Å². The lowest BCUT2D eigenvalue weighted by Crippen LogP contribution is -2.49. The Balaban J connectivity index is 1.68. The average Bonchev–Trinajstić information content (AvgIpc) is 2.84. The molecule has 120 valence electrons. The highest BCUT2D eigenvalue weighted by atomic mass is 16.1. The lowest BCUT2D eigenvalue weighted by Gasteiger charge is -2.57. The van der Waals surface area contributed by atoms with Crippen molar-refractivity contribution in [3.8, 4) is 0 Å². The topological polar surface area (TPSA) is 17.1 Å². The van der Waals surface area contributed by atoms with Crippen LogP contribution in [0.1, 0.15) is 65.7 Å². The van der Waals surface area contributed by atoms with Crippen LogP contribution in [0.3, 0.4) is 0 Å². The third kappa shape index (κ3) is 1.80. The molecule has 22 heavy (non-hydrogen) atoms. The second kappa shape index (κ2) is 4.82. The average molecular weight is 298 g/mol. The Morgan fingerprint density at radius 3 is 2.73 bits per heavy atom. The van der Waals surface area contributed by atoms with Gasteiger partial charge in [-0.25, -0.2) is 0 Å². The van der Waals surface area contributed by atoms with Gasteiger partial charge in [-0.05, 0) is 79.8 Å². The van der Waals surface area contributed by atoms with Crippen LogP contribution >= 0.6 is 0 Å². The molecule has 3 fully saturated rings. The van der Waals surface area contributed by atoms with Crippen LogP contribution in [0.2, 0.25) is 0 Å². The molecule has 0 spiro atoms. The Morgan fingerprint density at radius 2 is 1.95 bits per heavy atom. The number of fused-ring (bicyclic) bond motifs is 5. The van der Waals surface area contributed by atoms with Crippen LogP contribution in [0.15, 0.2) is 23.8 Å². The Bertz CT molecular complexity index is 556. The number of hydrogen-bond acceptors (Lipinski definition) is 1. The summed E-state index contributed by atoms with van der Waals surface area (Å²) in [6, 6.07) is 0. The van der Waals surface area contributed by atoms with Crippen LogP contribution in [0.4, 0.5) is 0 Å². The van der Waals surface area contributed by atoms with E-state index in [0.29, 0.717) is 5.41 Å². The molecule has 1 nitrogen and oxygen atoms in total. The molecule has 0 radical (unpaired) electrons. The fourth-order valence-corrected chi connectivity index (χ4v) is 6.98. The Labute approximate surface area is 135 Å². The molecule has 0 aromatic rings. The van der Waals surface area contributed by atoms with Gasteiger partial charge in [-0.15, -0.1) is 0 Å². The molecule has 1 heteroatoms. The molecule has 0 aliphatic heterocycles. The predicted octanol–water partition coefficient (Wildman–Crippen LogP) is 5.32. The van der Waals surface area contributed by atoms with Gasteiger partial charge in [0.2, 0.25) is 0 Å². The van der Waals surface area contributed by atoms with E-state index in [0.717, 1.165) is 30.1 Å². The zero-order valence-corrected chi connectivity index (χ0v) is 14.4. The summed E-state index contributed by atoms with van der Waals surface area (Å²) in [4.78, 5) is 11.8. The van der Waals surface area contributed by atoms with E-state index in [2.05, 4.69) is 26.8 Å². The van der Waals surface area contributed by atoms with E-state index in [1.807, 2.05) is 12.2 Å². The summed E-state index contributed by atoms with van der Waals surface area (Å²) >= 11 is 0. The fourth-order valence-electron chi connectivity index (χ4n) is 6.98. The van der Waals surface area contributed by atoms with E-state index in [9.17, 15) is 4.79 Å². The maximum atomic E-state index is 11.8. The lowest BCUT2D eigenvalue weighted by atomic mass is 9.47. The fraction of sp³-hybridized carbons (Fsp3) is 0.762. The third-order valence-electron chi connectivity index (χ3n) is 8.25. The van der Waals surface area contributed by atoms with Crippen molar-refractivity contribution in [3.05, 3.63) is 23.8 Å². The number of carbonyl (C=O) groups excluding carboxylic acids is 1. The van der Waals surface area contributed by atoms with E-state index in [-0.39, 0.29) is 11.2 Å². The minimum Gasteiger partial charge on any atom is -0.290 e. The van der Waals surface area contributed by atoms with Crippen LogP contribution in [0.5, 0.6) is 0 Å². The van der Waals surface area contributed by atoms with E-state index in [4.69, 9.17) is 0 Å². The van der Waals surface area contributed by atoms with Gasteiger partial charge in [0, 0.05) is 5.41 Å². The van der Waals surface area contributed by atoms with Gasteiger partial charge in [0.25, 0.3) is 0 Å². The zero-order chi connectivity index (χ0) is 15.5. The van der Waals surface area contributed by atoms with Crippen molar-refractivity contribution in [2.24, 2.45) is 34.5 Å². The number of allylic oxidation sites excluding steroid dienone is 4. The van der Waals surface area contributed by atoms with Gasteiger partial charge in [-0.2, -0.15) is 0 Å². The number of carbonyl (C=O) groups is 1. The molecule has 0 aromatic heterocycles. The van der Waals surface area contributed by atoms with Crippen LogP contribution in [0, 0.1) is 34.5 Å². The Kier molecular flexibility index (Phi) is 3.23. The molecule has 0 heterocycles. The summed E-state index contributed by atoms with van der Waals surface area (Å²) in [7, 11) is 0. The van der Waals surface area contributed by atoms with Crippen LogP contribution in [-0.4, -0.2) is 5.78 Å².